The zero-order valence-electron chi connectivity index (χ0n) is 9.03. The quantitative estimate of drug-likeness (QED) is 0.540. The van der Waals surface area contributed by atoms with Gasteiger partial charge in [-0.15, -0.1) is 0 Å². The molecule has 2 heterocycles. The summed E-state index contributed by atoms with van der Waals surface area (Å²) in [5, 5.41) is 1.75. The molecule has 0 bridgehead atoms. The Morgan fingerprint density at radius 2 is 1.81 bits per heavy atom. The van der Waals surface area contributed by atoms with Gasteiger partial charge in [0.05, 0.1) is 0 Å². The minimum Gasteiger partial charge on any atom is -0.454 e. The Balaban J connectivity index is 2.65. The SMILES string of the molecule is Cc1ccc2oc(=O)c3oc(C)cc3c2c1. The summed E-state index contributed by atoms with van der Waals surface area (Å²) < 4.78 is 10.5. The molecule has 0 aliphatic carbocycles. The van der Waals surface area contributed by atoms with Gasteiger partial charge in [0.2, 0.25) is 5.58 Å². The lowest BCUT2D eigenvalue weighted by atomic mass is 10.1. The molecule has 0 radical (unpaired) electrons. The Morgan fingerprint density at radius 1 is 1.00 bits per heavy atom. The topological polar surface area (TPSA) is 43.4 Å². The third-order valence-electron chi connectivity index (χ3n) is 2.67. The molecular formula is C13H10O3. The number of rotatable bonds is 0. The van der Waals surface area contributed by atoms with Crippen LogP contribution >= 0.6 is 0 Å². The summed E-state index contributed by atoms with van der Waals surface area (Å²) >= 11 is 0. The number of aryl methyl sites for hydroxylation is 2. The van der Waals surface area contributed by atoms with E-state index in [1.807, 2.05) is 38.1 Å². The molecule has 3 heteroatoms. The van der Waals surface area contributed by atoms with Crippen LogP contribution < -0.4 is 5.63 Å². The first-order valence-corrected chi connectivity index (χ1v) is 5.09. The molecule has 0 saturated heterocycles. The fourth-order valence-corrected chi connectivity index (χ4v) is 1.96. The van der Waals surface area contributed by atoms with Crippen LogP contribution in [0.1, 0.15) is 11.3 Å². The van der Waals surface area contributed by atoms with Gasteiger partial charge in [-0.3, -0.25) is 0 Å². The standard InChI is InChI=1S/C13H10O3/c1-7-3-4-11-9(5-7)10-6-8(2)15-12(10)13(14)16-11/h3-6H,1-2H3. The summed E-state index contributed by atoms with van der Waals surface area (Å²) in [5.41, 5.74) is 1.61. The summed E-state index contributed by atoms with van der Waals surface area (Å²) in [7, 11) is 0. The van der Waals surface area contributed by atoms with Crippen LogP contribution in [0.25, 0.3) is 21.9 Å². The van der Waals surface area contributed by atoms with Crippen molar-refractivity contribution < 1.29 is 8.83 Å². The maximum absolute atomic E-state index is 11.6. The molecule has 0 aliphatic heterocycles. The lowest BCUT2D eigenvalue weighted by molar-refractivity contribution is 0.520. The van der Waals surface area contributed by atoms with Gasteiger partial charge in [-0.1, -0.05) is 11.6 Å². The highest BCUT2D eigenvalue weighted by molar-refractivity contribution is 6.02. The van der Waals surface area contributed by atoms with Crippen molar-refractivity contribution >= 4 is 21.9 Å². The molecule has 0 spiro atoms. The predicted molar refractivity (Wildman–Crippen MR) is 61.7 cm³/mol. The van der Waals surface area contributed by atoms with Crippen molar-refractivity contribution in [2.75, 3.05) is 0 Å². The molecule has 3 aromatic rings. The van der Waals surface area contributed by atoms with Crippen molar-refractivity contribution in [3.05, 3.63) is 46.0 Å². The van der Waals surface area contributed by atoms with Gasteiger partial charge in [0, 0.05) is 10.8 Å². The van der Waals surface area contributed by atoms with E-state index in [-0.39, 0.29) is 0 Å². The first kappa shape index (κ1) is 9.21. The van der Waals surface area contributed by atoms with Gasteiger partial charge in [-0.2, -0.15) is 0 Å². The monoisotopic (exact) mass is 214 g/mol. The third-order valence-corrected chi connectivity index (χ3v) is 2.67. The fraction of sp³-hybridized carbons (Fsp3) is 0.154. The molecule has 3 rings (SSSR count). The second-order valence-electron chi connectivity index (χ2n) is 3.99. The molecule has 0 saturated carbocycles. The minimum atomic E-state index is -0.417. The number of hydrogen-bond acceptors (Lipinski definition) is 3. The summed E-state index contributed by atoms with van der Waals surface area (Å²) in [6.45, 7) is 3.82. The highest BCUT2D eigenvalue weighted by Gasteiger charge is 2.11. The molecule has 0 N–H and O–H groups in total. The van der Waals surface area contributed by atoms with Crippen LogP contribution in [0.3, 0.4) is 0 Å². The summed E-state index contributed by atoms with van der Waals surface area (Å²) in [6, 6.07) is 7.60. The van der Waals surface area contributed by atoms with Crippen molar-refractivity contribution in [3.8, 4) is 0 Å². The van der Waals surface area contributed by atoms with Crippen molar-refractivity contribution in [1.29, 1.82) is 0 Å². The molecule has 3 nitrogen and oxygen atoms in total. The maximum atomic E-state index is 11.6. The molecule has 0 fully saturated rings. The molecule has 1 aromatic carbocycles. The van der Waals surface area contributed by atoms with Gasteiger partial charge in [0.25, 0.3) is 0 Å². The van der Waals surface area contributed by atoms with Gasteiger partial charge >= 0.3 is 5.63 Å². The number of furan rings is 1. The van der Waals surface area contributed by atoms with E-state index in [1.165, 1.54) is 0 Å². The summed E-state index contributed by atoms with van der Waals surface area (Å²) in [4.78, 5) is 11.6. The van der Waals surface area contributed by atoms with Crippen LogP contribution in [-0.2, 0) is 0 Å². The van der Waals surface area contributed by atoms with E-state index in [4.69, 9.17) is 8.83 Å². The molecule has 0 atom stereocenters. The summed E-state index contributed by atoms with van der Waals surface area (Å²) in [5.74, 6) is 0.719. The largest absolute Gasteiger partial charge is 0.454 e. The van der Waals surface area contributed by atoms with E-state index in [1.54, 1.807) is 0 Å². The van der Waals surface area contributed by atoms with Crippen molar-refractivity contribution in [2.24, 2.45) is 0 Å². The third kappa shape index (κ3) is 1.18. The van der Waals surface area contributed by atoms with E-state index in [2.05, 4.69) is 0 Å². The number of fused-ring (bicyclic) bond motifs is 3. The Bertz CT molecular complexity index is 747. The highest BCUT2D eigenvalue weighted by Crippen LogP contribution is 2.25. The zero-order valence-corrected chi connectivity index (χ0v) is 9.03. The van der Waals surface area contributed by atoms with Crippen molar-refractivity contribution in [2.45, 2.75) is 13.8 Å². The Morgan fingerprint density at radius 3 is 2.62 bits per heavy atom. The van der Waals surface area contributed by atoms with E-state index in [9.17, 15) is 4.79 Å². The second-order valence-corrected chi connectivity index (χ2v) is 3.99. The van der Waals surface area contributed by atoms with E-state index in [0.29, 0.717) is 11.2 Å². The van der Waals surface area contributed by atoms with Crippen LogP contribution in [0, 0.1) is 13.8 Å². The minimum absolute atomic E-state index is 0.301. The fourth-order valence-electron chi connectivity index (χ4n) is 1.96. The van der Waals surface area contributed by atoms with Crippen molar-refractivity contribution in [3.63, 3.8) is 0 Å². The maximum Gasteiger partial charge on any atom is 0.380 e. The van der Waals surface area contributed by atoms with Gasteiger partial charge in [0.1, 0.15) is 11.3 Å². The zero-order chi connectivity index (χ0) is 11.3. The Labute approximate surface area is 91.3 Å². The molecule has 0 unspecified atom stereocenters. The van der Waals surface area contributed by atoms with E-state index >= 15 is 0 Å². The van der Waals surface area contributed by atoms with Gasteiger partial charge in [-0.05, 0) is 32.0 Å². The van der Waals surface area contributed by atoms with E-state index in [0.717, 1.165) is 22.1 Å². The van der Waals surface area contributed by atoms with Crippen LogP contribution in [0.5, 0.6) is 0 Å². The highest BCUT2D eigenvalue weighted by atomic mass is 16.4. The van der Waals surface area contributed by atoms with Crippen molar-refractivity contribution in [1.82, 2.24) is 0 Å². The first-order chi connectivity index (χ1) is 7.65. The molecule has 0 amide bonds. The van der Waals surface area contributed by atoms with Gasteiger partial charge in [0.15, 0.2) is 0 Å². The smallest absolute Gasteiger partial charge is 0.380 e. The average Bonchev–Trinajstić information content (AvgIpc) is 2.62. The number of hydrogen-bond donors (Lipinski definition) is 0. The van der Waals surface area contributed by atoms with Crippen LogP contribution in [0.2, 0.25) is 0 Å². The molecular weight excluding hydrogens is 204 g/mol. The molecule has 80 valence electrons. The van der Waals surface area contributed by atoms with Gasteiger partial charge in [-0.25, -0.2) is 4.79 Å². The second kappa shape index (κ2) is 2.98. The molecule has 0 aliphatic rings. The molecule has 16 heavy (non-hydrogen) atoms. The van der Waals surface area contributed by atoms with Crippen LogP contribution in [0.15, 0.2) is 37.9 Å². The Hall–Kier alpha value is -2.03. The van der Waals surface area contributed by atoms with E-state index < -0.39 is 5.63 Å². The Kier molecular flexibility index (Phi) is 1.72. The van der Waals surface area contributed by atoms with Crippen LogP contribution in [0.4, 0.5) is 0 Å². The van der Waals surface area contributed by atoms with Gasteiger partial charge < -0.3 is 8.83 Å². The summed E-state index contributed by atoms with van der Waals surface area (Å²) in [6.07, 6.45) is 0. The van der Waals surface area contributed by atoms with Crippen LogP contribution in [-0.4, -0.2) is 0 Å². The lowest BCUT2D eigenvalue weighted by Gasteiger charge is -1.98. The normalized spacial score (nSPS) is 11.4. The number of benzene rings is 1. The lowest BCUT2D eigenvalue weighted by Crippen LogP contribution is -1.97. The first-order valence-electron chi connectivity index (χ1n) is 5.09. The average molecular weight is 214 g/mol. The predicted octanol–water partition coefficient (Wildman–Crippen LogP) is 3.16. The molecule has 2 aromatic heterocycles.